The van der Waals surface area contributed by atoms with Crippen LogP contribution in [-0.2, 0) is 47.5 Å². The summed E-state index contributed by atoms with van der Waals surface area (Å²) in [6.07, 6.45) is 7.88. The van der Waals surface area contributed by atoms with Crippen LogP contribution in [0.2, 0.25) is 0 Å². The first-order valence-corrected chi connectivity index (χ1v) is 13.4. The summed E-state index contributed by atoms with van der Waals surface area (Å²) < 4.78 is 40.6. The summed E-state index contributed by atoms with van der Waals surface area (Å²) in [5.41, 5.74) is -0.955. The van der Waals surface area contributed by atoms with Crippen LogP contribution in [0.3, 0.4) is 0 Å². The minimum atomic E-state index is -0.847. The van der Waals surface area contributed by atoms with E-state index in [-0.39, 0.29) is 50.3 Å². The van der Waals surface area contributed by atoms with Crippen LogP contribution in [0.4, 0.5) is 0 Å². The summed E-state index contributed by atoms with van der Waals surface area (Å²) in [6.45, 7) is 9.80. The summed E-state index contributed by atoms with van der Waals surface area (Å²) in [7, 11) is 0. The molecule has 0 aromatic heterocycles. The van der Waals surface area contributed by atoms with E-state index in [4.69, 9.17) is 46.0 Å². The predicted octanol–water partition coefficient (Wildman–Crippen LogP) is 2.17. The van der Waals surface area contributed by atoms with Gasteiger partial charge in [-0.05, 0) is 0 Å². The number of carbonyl (C=O) groups is 3. The minimum Gasteiger partial charge on any atom is -0.463 e. The van der Waals surface area contributed by atoms with Gasteiger partial charge in [0, 0.05) is 38.5 Å². The van der Waals surface area contributed by atoms with Crippen LogP contribution < -0.4 is 0 Å². The van der Waals surface area contributed by atoms with Crippen molar-refractivity contribution in [2.75, 3.05) is 26.4 Å². The lowest BCUT2D eigenvalue weighted by Gasteiger charge is -2.48. The molecule has 2 heterocycles. The van der Waals surface area contributed by atoms with Crippen LogP contribution in [0.5, 0.6) is 0 Å². The molecule has 10 atom stereocenters. The van der Waals surface area contributed by atoms with Crippen molar-refractivity contribution < 1.29 is 47.5 Å². The van der Waals surface area contributed by atoms with E-state index in [1.165, 1.54) is 32.5 Å². The van der Waals surface area contributed by atoms with Crippen molar-refractivity contribution in [2.24, 2.45) is 17.8 Å². The molecular weight excluding hydrogens is 516 g/mol. The Morgan fingerprint density at radius 2 is 1.18 bits per heavy atom. The van der Waals surface area contributed by atoms with E-state index in [2.05, 4.69) is 11.8 Å². The maximum Gasteiger partial charge on any atom is 0.303 e. The van der Waals surface area contributed by atoms with E-state index >= 15 is 0 Å². The monoisotopic (exact) mass is 554 g/mol. The fraction of sp³-hybridized carbons (Fsp3) is 0.741. The third-order valence-electron chi connectivity index (χ3n) is 6.50. The van der Waals surface area contributed by atoms with Crippen LogP contribution >= 0.6 is 11.8 Å². The zero-order valence-corrected chi connectivity index (χ0v) is 23.6. The highest BCUT2D eigenvalue weighted by molar-refractivity contribution is 8.00. The van der Waals surface area contributed by atoms with Gasteiger partial charge in [-0.25, -0.2) is 0 Å². The Balaban J connectivity index is 2.32. The smallest absolute Gasteiger partial charge is 0.303 e. The standard InChI is InChI=1S/C27H38O10S/c1-9-11-31-23-15(3)21(13-33-18(6)28)36-26(16(23)4)38-27-17(5)24(32-12-10-2)25(35-20(8)30)22(37-27)14-34-19(7)29/h1-2,15-17,21-27H,11-14H2,3-8H3/t15-,16?,17+,21?,22?,23-,24?,25-,26-,27-/m0/s1. The van der Waals surface area contributed by atoms with Crippen LogP contribution in [0.15, 0.2) is 0 Å². The Bertz CT molecular complexity index is 895. The van der Waals surface area contributed by atoms with Crippen LogP contribution in [0, 0.1) is 42.4 Å². The second-order valence-electron chi connectivity index (χ2n) is 9.44. The van der Waals surface area contributed by atoms with Gasteiger partial charge in [0.25, 0.3) is 0 Å². The molecule has 0 aliphatic carbocycles. The Hall–Kier alpha value is -2.28. The van der Waals surface area contributed by atoms with Gasteiger partial charge in [-0.3, -0.25) is 14.4 Å². The van der Waals surface area contributed by atoms with Crippen molar-refractivity contribution in [1.29, 1.82) is 0 Å². The first-order valence-electron chi connectivity index (χ1n) is 12.5. The van der Waals surface area contributed by atoms with E-state index < -0.39 is 53.2 Å². The molecule has 38 heavy (non-hydrogen) atoms. The van der Waals surface area contributed by atoms with Crippen molar-refractivity contribution in [3.63, 3.8) is 0 Å². The molecule has 212 valence electrons. The number of hydrogen-bond acceptors (Lipinski definition) is 11. The molecule has 2 aliphatic rings. The lowest BCUT2D eigenvalue weighted by molar-refractivity contribution is -0.216. The van der Waals surface area contributed by atoms with Gasteiger partial charge in [0.15, 0.2) is 6.10 Å². The van der Waals surface area contributed by atoms with Gasteiger partial charge in [-0.1, -0.05) is 44.4 Å². The molecule has 11 heteroatoms. The van der Waals surface area contributed by atoms with Gasteiger partial charge >= 0.3 is 17.9 Å². The van der Waals surface area contributed by atoms with E-state index in [0.29, 0.717) is 0 Å². The Morgan fingerprint density at radius 3 is 1.68 bits per heavy atom. The second-order valence-corrected chi connectivity index (χ2v) is 10.6. The molecule has 2 fully saturated rings. The fourth-order valence-electron chi connectivity index (χ4n) is 4.65. The van der Waals surface area contributed by atoms with Crippen LogP contribution in [0.25, 0.3) is 0 Å². The zero-order chi connectivity index (χ0) is 28.4. The highest BCUT2D eigenvalue weighted by Gasteiger charge is 2.50. The van der Waals surface area contributed by atoms with Gasteiger partial charge in [0.1, 0.15) is 49.5 Å². The summed E-state index contributed by atoms with van der Waals surface area (Å²) in [6, 6.07) is 0. The van der Waals surface area contributed by atoms with Gasteiger partial charge in [-0.2, -0.15) is 0 Å². The summed E-state index contributed by atoms with van der Waals surface area (Å²) >= 11 is 1.40. The molecule has 0 aromatic rings. The van der Waals surface area contributed by atoms with Crippen LogP contribution in [-0.4, -0.2) is 85.7 Å². The summed E-state index contributed by atoms with van der Waals surface area (Å²) in [5.74, 6) is 2.98. The first-order chi connectivity index (χ1) is 18.0. The average Bonchev–Trinajstić information content (AvgIpc) is 2.84. The first kappa shape index (κ1) is 31.9. The maximum atomic E-state index is 11.9. The third kappa shape index (κ3) is 8.89. The van der Waals surface area contributed by atoms with Crippen molar-refractivity contribution in [2.45, 2.75) is 82.9 Å². The Labute approximate surface area is 229 Å². The average molecular weight is 555 g/mol. The van der Waals surface area contributed by atoms with E-state index in [9.17, 15) is 14.4 Å². The highest BCUT2D eigenvalue weighted by Crippen LogP contribution is 2.44. The molecule has 0 bridgehead atoms. The number of hydrogen-bond donors (Lipinski definition) is 0. The Morgan fingerprint density at radius 1 is 0.711 bits per heavy atom. The summed E-state index contributed by atoms with van der Waals surface area (Å²) in [5, 5.41) is 0. The van der Waals surface area contributed by atoms with Gasteiger partial charge < -0.3 is 33.2 Å². The van der Waals surface area contributed by atoms with Gasteiger partial charge in [0.2, 0.25) is 0 Å². The molecule has 2 saturated heterocycles. The normalized spacial score (nSPS) is 34.8. The van der Waals surface area contributed by atoms with Crippen molar-refractivity contribution >= 4 is 29.7 Å². The molecule has 0 spiro atoms. The minimum absolute atomic E-state index is 0.00917. The van der Waals surface area contributed by atoms with Gasteiger partial charge in [-0.15, -0.1) is 12.8 Å². The molecule has 10 nitrogen and oxygen atoms in total. The number of thioether (sulfide) groups is 1. The molecular formula is C27H38O10S. The van der Waals surface area contributed by atoms with Crippen molar-refractivity contribution in [3.8, 4) is 24.7 Å². The molecule has 0 N–H and O–H groups in total. The van der Waals surface area contributed by atoms with Crippen molar-refractivity contribution in [1.82, 2.24) is 0 Å². The Kier molecular flexibility index (Phi) is 12.9. The highest BCUT2D eigenvalue weighted by atomic mass is 32.2. The molecule has 0 amide bonds. The molecule has 2 rings (SSSR count). The zero-order valence-electron chi connectivity index (χ0n) is 22.7. The largest absolute Gasteiger partial charge is 0.463 e. The number of rotatable bonds is 11. The number of carbonyl (C=O) groups excluding carboxylic acids is 3. The number of esters is 3. The SMILES string of the molecule is C#CCOC1[C@@H](OC(C)=O)C(COC(C)=O)O[C@@H](S[C@@H]2OC(COC(C)=O)[C@H](C)[C@H](OCC#C)C2C)[C@@H]1C. The summed E-state index contributed by atoms with van der Waals surface area (Å²) in [4.78, 5) is 34.9. The molecule has 4 unspecified atom stereocenters. The topological polar surface area (TPSA) is 116 Å². The number of ether oxygens (including phenoxy) is 7. The number of terminal acetylenes is 2. The predicted molar refractivity (Wildman–Crippen MR) is 138 cm³/mol. The second kappa shape index (κ2) is 15.3. The lowest BCUT2D eigenvalue weighted by atomic mass is 9.86. The lowest BCUT2D eigenvalue weighted by Crippen LogP contribution is -2.58. The molecule has 0 saturated carbocycles. The fourth-order valence-corrected chi connectivity index (χ4v) is 6.13. The molecule has 2 aliphatic heterocycles. The van der Waals surface area contributed by atoms with Crippen molar-refractivity contribution in [3.05, 3.63) is 0 Å². The molecule has 0 radical (unpaired) electrons. The maximum absolute atomic E-state index is 11.9. The third-order valence-corrected chi connectivity index (χ3v) is 8.12. The van der Waals surface area contributed by atoms with E-state index in [1.54, 1.807) is 0 Å². The van der Waals surface area contributed by atoms with E-state index in [1.807, 2.05) is 20.8 Å². The van der Waals surface area contributed by atoms with Gasteiger partial charge in [0.05, 0.1) is 12.2 Å². The molecule has 0 aromatic carbocycles. The quantitative estimate of drug-likeness (QED) is 0.213. The van der Waals surface area contributed by atoms with E-state index in [0.717, 1.165) is 0 Å². The van der Waals surface area contributed by atoms with Crippen LogP contribution in [0.1, 0.15) is 41.5 Å².